The number of pyridine rings is 1. The van der Waals surface area contributed by atoms with Crippen LogP contribution >= 0.6 is 0 Å². The lowest BCUT2D eigenvalue weighted by Gasteiger charge is -2.18. The van der Waals surface area contributed by atoms with E-state index in [1.165, 1.54) is 10.8 Å². The summed E-state index contributed by atoms with van der Waals surface area (Å²) in [6.07, 6.45) is 3.28. The molecule has 0 aliphatic carbocycles. The van der Waals surface area contributed by atoms with E-state index in [0.29, 0.717) is 11.0 Å². The van der Waals surface area contributed by atoms with Gasteiger partial charge in [0, 0.05) is 6.20 Å². The van der Waals surface area contributed by atoms with Gasteiger partial charge < -0.3 is 4.48 Å². The zero-order chi connectivity index (χ0) is 11.9. The van der Waals surface area contributed by atoms with Crippen molar-refractivity contribution in [1.82, 2.24) is 14.4 Å². The molecule has 0 amide bonds. The monoisotopic (exact) mass is 215 g/mol. The quantitative estimate of drug-likeness (QED) is 0.600. The fourth-order valence-electron chi connectivity index (χ4n) is 1.51. The van der Waals surface area contributed by atoms with Gasteiger partial charge in [0.2, 0.25) is 13.5 Å². The molecule has 16 heavy (non-hydrogen) atoms. The molecule has 82 valence electrons. The standard InChI is InChI=1S/C11H14BN3O/c1-11(2,3)7-4-8-9(13-5-7)14-6-15(12)10(8)16/h4-6H,12H2,1-3H3. The maximum atomic E-state index is 11.9. The van der Waals surface area contributed by atoms with Gasteiger partial charge in [0.15, 0.2) is 5.65 Å². The number of aromatic nitrogens is 3. The van der Waals surface area contributed by atoms with Gasteiger partial charge in [-0.3, -0.25) is 4.79 Å². The summed E-state index contributed by atoms with van der Waals surface area (Å²) in [5, 5.41) is 0.581. The average molecular weight is 215 g/mol. The second kappa shape index (κ2) is 3.44. The second-order valence-corrected chi connectivity index (χ2v) is 5.01. The first-order valence-electron chi connectivity index (χ1n) is 5.21. The van der Waals surface area contributed by atoms with Crippen LogP contribution < -0.4 is 5.56 Å². The Morgan fingerprint density at radius 2 is 2.00 bits per heavy atom. The molecule has 2 rings (SSSR count). The first kappa shape index (κ1) is 10.9. The van der Waals surface area contributed by atoms with Crippen LogP contribution in [0.5, 0.6) is 0 Å². The molecule has 0 bridgehead atoms. The van der Waals surface area contributed by atoms with E-state index in [2.05, 4.69) is 30.7 Å². The lowest BCUT2D eigenvalue weighted by atomic mass is 9.88. The summed E-state index contributed by atoms with van der Waals surface area (Å²) >= 11 is 0. The predicted octanol–water partition coefficient (Wildman–Crippen LogP) is 0.485. The minimum absolute atomic E-state index is 0.0119. The summed E-state index contributed by atoms with van der Waals surface area (Å²) in [6.45, 7) is 6.28. The van der Waals surface area contributed by atoms with Crippen molar-refractivity contribution in [2.75, 3.05) is 0 Å². The molecule has 2 aromatic heterocycles. The molecule has 0 radical (unpaired) electrons. The minimum Gasteiger partial charge on any atom is -0.352 e. The Labute approximate surface area is 94.8 Å². The van der Waals surface area contributed by atoms with E-state index in [-0.39, 0.29) is 11.0 Å². The molecule has 0 aliphatic heterocycles. The van der Waals surface area contributed by atoms with E-state index in [1.807, 2.05) is 6.07 Å². The summed E-state index contributed by atoms with van der Waals surface area (Å²) in [5.41, 5.74) is 1.49. The van der Waals surface area contributed by atoms with Crippen molar-refractivity contribution < 1.29 is 0 Å². The van der Waals surface area contributed by atoms with Crippen molar-refractivity contribution in [3.63, 3.8) is 0 Å². The van der Waals surface area contributed by atoms with Gasteiger partial charge in [-0.25, -0.2) is 9.97 Å². The highest BCUT2D eigenvalue weighted by molar-refractivity contribution is 6.06. The predicted molar refractivity (Wildman–Crippen MR) is 66.4 cm³/mol. The highest BCUT2D eigenvalue weighted by Crippen LogP contribution is 2.22. The first-order chi connectivity index (χ1) is 7.39. The lowest BCUT2D eigenvalue weighted by molar-refractivity contribution is 0.588. The molecular formula is C11H14BN3O. The zero-order valence-corrected chi connectivity index (χ0v) is 9.98. The van der Waals surface area contributed by atoms with E-state index in [1.54, 1.807) is 14.2 Å². The third-order valence-corrected chi connectivity index (χ3v) is 2.64. The molecule has 4 nitrogen and oxygen atoms in total. The maximum absolute atomic E-state index is 11.9. The Morgan fingerprint density at radius 3 is 2.62 bits per heavy atom. The molecule has 0 fully saturated rings. The Hall–Kier alpha value is -1.65. The zero-order valence-electron chi connectivity index (χ0n) is 9.98. The topological polar surface area (TPSA) is 47.8 Å². The maximum Gasteiger partial charge on any atom is 0.250 e. The van der Waals surface area contributed by atoms with Gasteiger partial charge in [-0.2, -0.15) is 0 Å². The number of fused-ring (bicyclic) bond motifs is 1. The Bertz CT molecular complexity index is 598. The third kappa shape index (κ3) is 1.73. The van der Waals surface area contributed by atoms with Gasteiger partial charge in [0.05, 0.1) is 11.7 Å². The highest BCUT2D eigenvalue weighted by Gasteiger charge is 2.15. The summed E-state index contributed by atoms with van der Waals surface area (Å²) in [4.78, 5) is 20.2. The normalized spacial score (nSPS) is 11.9. The van der Waals surface area contributed by atoms with E-state index >= 15 is 0 Å². The molecular weight excluding hydrogens is 201 g/mol. The number of hydrogen-bond acceptors (Lipinski definition) is 3. The summed E-state index contributed by atoms with van der Waals surface area (Å²) < 4.78 is 1.47. The van der Waals surface area contributed by atoms with Crippen LogP contribution in [0.4, 0.5) is 0 Å². The van der Waals surface area contributed by atoms with Crippen molar-refractivity contribution in [2.24, 2.45) is 0 Å². The van der Waals surface area contributed by atoms with Crippen molar-refractivity contribution in [3.8, 4) is 0 Å². The molecule has 0 atom stereocenters. The van der Waals surface area contributed by atoms with Crippen LogP contribution in [0, 0.1) is 0 Å². The highest BCUT2D eigenvalue weighted by atomic mass is 16.1. The fourth-order valence-corrected chi connectivity index (χ4v) is 1.51. The summed E-state index contributed by atoms with van der Waals surface area (Å²) in [7, 11) is 1.69. The van der Waals surface area contributed by atoms with Gasteiger partial charge in [0.25, 0.3) is 0 Å². The van der Waals surface area contributed by atoms with E-state index < -0.39 is 0 Å². The Morgan fingerprint density at radius 1 is 1.31 bits per heavy atom. The molecule has 0 saturated heterocycles. The molecule has 0 saturated carbocycles. The molecule has 0 aromatic carbocycles. The molecule has 0 unspecified atom stereocenters. The second-order valence-electron chi connectivity index (χ2n) is 5.01. The van der Waals surface area contributed by atoms with E-state index in [4.69, 9.17) is 0 Å². The van der Waals surface area contributed by atoms with E-state index in [9.17, 15) is 4.79 Å². The van der Waals surface area contributed by atoms with Crippen molar-refractivity contribution in [3.05, 3.63) is 34.5 Å². The van der Waals surface area contributed by atoms with Crippen LogP contribution in [0.25, 0.3) is 11.0 Å². The minimum atomic E-state index is -0.0522. The van der Waals surface area contributed by atoms with Gasteiger partial charge in [0.1, 0.15) is 0 Å². The van der Waals surface area contributed by atoms with Gasteiger partial charge >= 0.3 is 0 Å². The van der Waals surface area contributed by atoms with Crippen LogP contribution in [-0.4, -0.2) is 22.4 Å². The fraction of sp³-hybridized carbons (Fsp3) is 0.364. The molecule has 2 heterocycles. The van der Waals surface area contributed by atoms with Gasteiger partial charge in [-0.1, -0.05) is 20.8 Å². The molecule has 5 heteroatoms. The van der Waals surface area contributed by atoms with Crippen LogP contribution in [0.15, 0.2) is 23.4 Å². The number of nitrogens with zero attached hydrogens (tertiary/aromatic N) is 3. The summed E-state index contributed by atoms with van der Waals surface area (Å²) in [5.74, 6) is 0. The van der Waals surface area contributed by atoms with Gasteiger partial charge in [-0.15, -0.1) is 0 Å². The molecule has 2 aromatic rings. The average Bonchev–Trinajstić information content (AvgIpc) is 2.22. The van der Waals surface area contributed by atoms with Gasteiger partial charge in [-0.05, 0) is 17.0 Å². The van der Waals surface area contributed by atoms with E-state index in [0.717, 1.165) is 5.56 Å². The first-order valence-corrected chi connectivity index (χ1v) is 5.21. The van der Waals surface area contributed by atoms with Crippen LogP contribution in [0.2, 0.25) is 0 Å². The smallest absolute Gasteiger partial charge is 0.250 e. The lowest BCUT2D eigenvalue weighted by Crippen LogP contribution is -2.20. The SMILES string of the molecule is Bn1cnc2ncc(C(C)(C)C)cc2c1=O. The molecule has 0 aliphatic rings. The van der Waals surface area contributed by atoms with Crippen molar-refractivity contribution >= 4 is 19.0 Å². The van der Waals surface area contributed by atoms with Crippen LogP contribution in [-0.2, 0) is 5.41 Å². The summed E-state index contributed by atoms with van der Waals surface area (Å²) in [6, 6.07) is 1.89. The molecule has 0 N–H and O–H groups in total. The Balaban J connectivity index is 2.79. The van der Waals surface area contributed by atoms with Crippen molar-refractivity contribution in [2.45, 2.75) is 26.2 Å². The number of rotatable bonds is 0. The number of hydrogen-bond donors (Lipinski definition) is 0. The molecule has 0 spiro atoms. The third-order valence-electron chi connectivity index (χ3n) is 2.64. The van der Waals surface area contributed by atoms with Crippen molar-refractivity contribution in [1.29, 1.82) is 0 Å². The largest absolute Gasteiger partial charge is 0.352 e. The Kier molecular flexibility index (Phi) is 2.33. The van der Waals surface area contributed by atoms with Crippen LogP contribution in [0.3, 0.4) is 0 Å². The van der Waals surface area contributed by atoms with Crippen LogP contribution in [0.1, 0.15) is 26.3 Å².